The fourth-order valence-corrected chi connectivity index (χ4v) is 3.62. The van der Waals surface area contributed by atoms with Crippen LogP contribution in [0.3, 0.4) is 0 Å². The Morgan fingerprint density at radius 2 is 1.95 bits per heavy atom. The van der Waals surface area contributed by atoms with Crippen molar-refractivity contribution in [2.24, 2.45) is 5.92 Å². The van der Waals surface area contributed by atoms with Gasteiger partial charge in [-0.15, -0.1) is 11.8 Å². The molecule has 1 aromatic carbocycles. The molecule has 0 bridgehead atoms. The Morgan fingerprint density at radius 1 is 1.29 bits per heavy atom. The van der Waals surface area contributed by atoms with Gasteiger partial charge in [-0.2, -0.15) is 0 Å². The molecule has 1 fully saturated rings. The molecular weight excluding hydrogens is 282 g/mol. The third-order valence-electron chi connectivity index (χ3n) is 4.18. The number of hydrogen-bond acceptors (Lipinski definition) is 3. The molecule has 4 heteroatoms. The summed E-state index contributed by atoms with van der Waals surface area (Å²) in [6.07, 6.45) is 4.87. The van der Waals surface area contributed by atoms with Gasteiger partial charge in [0.15, 0.2) is 0 Å². The van der Waals surface area contributed by atoms with Gasteiger partial charge in [0.25, 0.3) is 0 Å². The topological polar surface area (TPSA) is 38.3 Å². The minimum absolute atomic E-state index is 0.0764. The van der Waals surface area contributed by atoms with Gasteiger partial charge in [0, 0.05) is 10.9 Å². The van der Waals surface area contributed by atoms with Crippen molar-refractivity contribution in [3.63, 3.8) is 0 Å². The van der Waals surface area contributed by atoms with E-state index in [0.717, 1.165) is 17.1 Å². The van der Waals surface area contributed by atoms with Crippen molar-refractivity contribution in [1.82, 2.24) is 5.32 Å². The summed E-state index contributed by atoms with van der Waals surface area (Å²) in [5.41, 5.74) is 0. The van der Waals surface area contributed by atoms with Crippen LogP contribution in [0.2, 0.25) is 0 Å². The van der Waals surface area contributed by atoms with E-state index in [1.165, 1.54) is 19.3 Å². The zero-order valence-electron chi connectivity index (χ0n) is 13.1. The van der Waals surface area contributed by atoms with Gasteiger partial charge in [-0.3, -0.25) is 4.79 Å². The van der Waals surface area contributed by atoms with Gasteiger partial charge >= 0.3 is 0 Å². The quantitative estimate of drug-likeness (QED) is 0.839. The second-order valence-corrected chi connectivity index (χ2v) is 7.23. The number of nitrogens with one attached hydrogen (secondary N) is 1. The monoisotopic (exact) mass is 307 g/mol. The summed E-state index contributed by atoms with van der Waals surface area (Å²) in [5.74, 6) is 1.59. The number of hydrogen-bond donors (Lipinski definition) is 1. The zero-order valence-corrected chi connectivity index (χ0v) is 13.9. The lowest BCUT2D eigenvalue weighted by Gasteiger charge is -2.30. The first kappa shape index (κ1) is 16.2. The average molecular weight is 307 g/mol. The Balaban J connectivity index is 1.86. The Bertz CT molecular complexity index is 460. The van der Waals surface area contributed by atoms with Crippen LogP contribution in [0, 0.1) is 5.92 Å². The first-order chi connectivity index (χ1) is 10.1. The van der Waals surface area contributed by atoms with Gasteiger partial charge < -0.3 is 10.1 Å². The van der Waals surface area contributed by atoms with E-state index in [2.05, 4.69) is 12.2 Å². The highest BCUT2D eigenvalue weighted by Gasteiger charge is 2.25. The van der Waals surface area contributed by atoms with Crippen molar-refractivity contribution in [3.05, 3.63) is 24.3 Å². The average Bonchev–Trinajstić information content (AvgIpc) is 2.50. The lowest BCUT2D eigenvalue weighted by molar-refractivity contribution is -0.121. The number of methoxy groups -OCH3 is 1. The summed E-state index contributed by atoms with van der Waals surface area (Å²) in [5, 5.41) is 3.15. The van der Waals surface area contributed by atoms with Crippen molar-refractivity contribution in [3.8, 4) is 5.75 Å². The van der Waals surface area contributed by atoms with E-state index in [9.17, 15) is 4.79 Å². The minimum Gasteiger partial charge on any atom is -0.497 e. The number of carbonyl (C=O) groups is 1. The summed E-state index contributed by atoms with van der Waals surface area (Å²) in [6, 6.07) is 8.20. The van der Waals surface area contributed by atoms with Gasteiger partial charge in [0.05, 0.1) is 12.4 Å². The van der Waals surface area contributed by atoms with Crippen LogP contribution < -0.4 is 10.1 Å². The largest absolute Gasteiger partial charge is 0.497 e. The standard InChI is InChI=1S/C17H25NO2S/c1-12-6-4-5-7-16(12)18-17(19)13(2)21-15-10-8-14(20-3)9-11-15/h8-13,16H,4-7H2,1-3H3,(H,18,19)/t12-,13-,16+/m1/s1. The lowest BCUT2D eigenvalue weighted by atomic mass is 9.86. The molecule has 2 rings (SSSR count). The molecule has 1 aliphatic carbocycles. The van der Waals surface area contributed by atoms with Crippen LogP contribution in [0.5, 0.6) is 5.75 Å². The molecule has 0 saturated heterocycles. The molecule has 1 aliphatic rings. The minimum atomic E-state index is -0.0764. The van der Waals surface area contributed by atoms with E-state index < -0.39 is 0 Å². The summed E-state index contributed by atoms with van der Waals surface area (Å²) >= 11 is 1.59. The molecule has 1 amide bonds. The summed E-state index contributed by atoms with van der Waals surface area (Å²) in [7, 11) is 1.66. The van der Waals surface area contributed by atoms with Crippen molar-refractivity contribution in [2.45, 2.75) is 55.7 Å². The van der Waals surface area contributed by atoms with Gasteiger partial charge in [0.2, 0.25) is 5.91 Å². The summed E-state index contributed by atoms with van der Waals surface area (Å²) < 4.78 is 5.15. The second kappa shape index (κ2) is 7.74. The van der Waals surface area contributed by atoms with Gasteiger partial charge in [-0.25, -0.2) is 0 Å². The van der Waals surface area contributed by atoms with Crippen molar-refractivity contribution in [2.75, 3.05) is 7.11 Å². The number of amides is 1. The molecule has 1 saturated carbocycles. The Kier molecular flexibility index (Phi) is 5.97. The number of benzene rings is 1. The normalized spacial score (nSPS) is 23.4. The maximum absolute atomic E-state index is 12.3. The predicted molar refractivity (Wildman–Crippen MR) is 87.9 cm³/mol. The van der Waals surface area contributed by atoms with E-state index in [-0.39, 0.29) is 11.2 Å². The van der Waals surface area contributed by atoms with Crippen molar-refractivity contribution >= 4 is 17.7 Å². The van der Waals surface area contributed by atoms with E-state index in [1.807, 2.05) is 31.2 Å². The molecular formula is C17H25NO2S. The molecule has 1 N–H and O–H groups in total. The van der Waals surface area contributed by atoms with Crippen LogP contribution in [-0.4, -0.2) is 24.3 Å². The summed E-state index contributed by atoms with van der Waals surface area (Å²) in [4.78, 5) is 13.4. The first-order valence-corrected chi connectivity index (χ1v) is 8.59. The van der Waals surface area contributed by atoms with E-state index in [4.69, 9.17) is 4.74 Å². The molecule has 3 nitrogen and oxygen atoms in total. The lowest BCUT2D eigenvalue weighted by Crippen LogP contribution is -2.44. The highest BCUT2D eigenvalue weighted by Crippen LogP contribution is 2.27. The smallest absolute Gasteiger partial charge is 0.233 e. The Morgan fingerprint density at radius 3 is 2.57 bits per heavy atom. The fraction of sp³-hybridized carbons (Fsp3) is 0.588. The number of ether oxygens (including phenoxy) is 1. The van der Waals surface area contributed by atoms with Crippen LogP contribution in [0.4, 0.5) is 0 Å². The number of rotatable bonds is 5. The van der Waals surface area contributed by atoms with Crippen molar-refractivity contribution in [1.29, 1.82) is 0 Å². The molecule has 116 valence electrons. The van der Waals surface area contributed by atoms with Crippen LogP contribution in [0.1, 0.15) is 39.5 Å². The number of thioether (sulfide) groups is 1. The molecule has 21 heavy (non-hydrogen) atoms. The SMILES string of the molecule is COc1ccc(S[C@H](C)C(=O)N[C@H]2CCCC[C@H]2C)cc1. The molecule has 1 aromatic rings. The Hall–Kier alpha value is -1.16. The Labute approximate surface area is 131 Å². The molecule has 0 heterocycles. The van der Waals surface area contributed by atoms with Gasteiger partial charge in [0.1, 0.15) is 5.75 Å². The number of carbonyl (C=O) groups excluding carboxylic acids is 1. The van der Waals surface area contributed by atoms with Crippen LogP contribution in [0.15, 0.2) is 29.2 Å². The van der Waals surface area contributed by atoms with Crippen molar-refractivity contribution < 1.29 is 9.53 Å². The molecule has 0 unspecified atom stereocenters. The van der Waals surface area contributed by atoms with Gasteiger partial charge in [-0.05, 0) is 49.9 Å². The van der Waals surface area contributed by atoms with E-state index in [1.54, 1.807) is 18.9 Å². The molecule has 0 aromatic heterocycles. The first-order valence-electron chi connectivity index (χ1n) is 7.71. The second-order valence-electron chi connectivity index (χ2n) is 5.81. The van der Waals surface area contributed by atoms with Gasteiger partial charge in [-0.1, -0.05) is 19.8 Å². The molecule has 0 spiro atoms. The maximum Gasteiger partial charge on any atom is 0.233 e. The predicted octanol–water partition coefficient (Wildman–Crippen LogP) is 3.87. The molecule has 3 atom stereocenters. The fourth-order valence-electron chi connectivity index (χ4n) is 2.74. The third kappa shape index (κ3) is 4.67. The van der Waals surface area contributed by atoms with Crippen LogP contribution >= 0.6 is 11.8 Å². The highest BCUT2D eigenvalue weighted by molar-refractivity contribution is 8.00. The molecule has 0 radical (unpaired) electrons. The van der Waals surface area contributed by atoms with E-state index >= 15 is 0 Å². The third-order valence-corrected chi connectivity index (χ3v) is 5.29. The summed E-state index contributed by atoms with van der Waals surface area (Å²) in [6.45, 7) is 4.21. The zero-order chi connectivity index (χ0) is 15.2. The van der Waals surface area contributed by atoms with Crippen LogP contribution in [-0.2, 0) is 4.79 Å². The van der Waals surface area contributed by atoms with E-state index in [0.29, 0.717) is 12.0 Å². The highest BCUT2D eigenvalue weighted by atomic mass is 32.2. The molecule has 0 aliphatic heterocycles. The maximum atomic E-state index is 12.3. The van der Waals surface area contributed by atoms with Crippen LogP contribution in [0.25, 0.3) is 0 Å².